The van der Waals surface area contributed by atoms with Gasteiger partial charge in [-0.3, -0.25) is 14.5 Å². The molecule has 1 aliphatic heterocycles. The Hall–Kier alpha value is -3.02. The van der Waals surface area contributed by atoms with Crippen LogP contribution in [0.15, 0.2) is 35.1 Å². The molecule has 0 unspecified atom stereocenters. The maximum absolute atomic E-state index is 14.3. The molecular formula is C23H26F5N3O4. The zero-order valence-electron chi connectivity index (χ0n) is 19.7. The van der Waals surface area contributed by atoms with E-state index in [0.717, 1.165) is 4.90 Å². The fraction of sp³-hybridized carbons (Fsp3) is 0.522. The number of halogens is 5. The van der Waals surface area contributed by atoms with Crippen LogP contribution in [0.2, 0.25) is 0 Å². The van der Waals surface area contributed by atoms with Crippen molar-refractivity contribution in [1.29, 1.82) is 0 Å². The van der Waals surface area contributed by atoms with Crippen molar-refractivity contribution in [2.45, 2.75) is 57.5 Å². The molecule has 0 aliphatic carbocycles. The van der Waals surface area contributed by atoms with Crippen LogP contribution in [0.25, 0.3) is 0 Å². The molecule has 1 aromatic heterocycles. The summed E-state index contributed by atoms with van der Waals surface area (Å²) in [6.45, 7) is 3.05. The molecule has 192 valence electrons. The zero-order valence-corrected chi connectivity index (χ0v) is 19.7. The second kappa shape index (κ2) is 9.56. The third-order valence-corrected chi connectivity index (χ3v) is 5.25. The van der Waals surface area contributed by atoms with E-state index in [1.807, 2.05) is 0 Å². The van der Waals surface area contributed by atoms with E-state index >= 15 is 0 Å². The summed E-state index contributed by atoms with van der Waals surface area (Å²) in [6, 6.07) is 5.38. The molecule has 0 N–H and O–H groups in total. The van der Waals surface area contributed by atoms with Crippen LogP contribution in [0.1, 0.15) is 50.1 Å². The van der Waals surface area contributed by atoms with Crippen molar-refractivity contribution in [2.24, 2.45) is 0 Å². The monoisotopic (exact) mass is 503 g/mol. The number of carbonyl (C=O) groups excluding carboxylic acids is 1. The topological polar surface area (TPSA) is 73.7 Å². The van der Waals surface area contributed by atoms with Crippen LogP contribution in [0.4, 0.5) is 22.0 Å². The Morgan fingerprint density at radius 1 is 1.17 bits per heavy atom. The Morgan fingerprint density at radius 2 is 1.80 bits per heavy atom. The second-order valence-electron chi connectivity index (χ2n) is 9.36. The number of alkyl halides is 5. The minimum absolute atomic E-state index is 0.324. The Kier molecular flexibility index (Phi) is 7.26. The number of likely N-dealkylation sites (tertiary alicyclic amines) is 1. The van der Waals surface area contributed by atoms with Gasteiger partial charge >= 0.3 is 12.1 Å². The van der Waals surface area contributed by atoms with Gasteiger partial charge in [0.15, 0.2) is 0 Å². The summed E-state index contributed by atoms with van der Waals surface area (Å²) in [5.41, 5.74) is -3.73. The lowest BCUT2D eigenvalue weighted by molar-refractivity contribution is -0.156. The Labute approximate surface area is 198 Å². The lowest BCUT2D eigenvalue weighted by atomic mass is 10.1. The number of methoxy groups -OCH3 is 1. The van der Waals surface area contributed by atoms with Gasteiger partial charge in [0.05, 0.1) is 38.5 Å². The van der Waals surface area contributed by atoms with E-state index in [4.69, 9.17) is 9.47 Å². The molecule has 2 aromatic rings. The molecular weight excluding hydrogens is 477 g/mol. The van der Waals surface area contributed by atoms with Crippen molar-refractivity contribution in [2.75, 3.05) is 20.2 Å². The Balaban J connectivity index is 2.01. The standard InChI is InChI=1S/C23H26F5N3O4/c1-21(2,3)35-19(32)12-30-13-22(24,25)10-18(30)17-9-16(23(26,27)28)20(33)31(29-17)11-14-5-7-15(34-4)8-6-14/h5-9,18H,10-13H2,1-4H3/t18-/m1/s1. The summed E-state index contributed by atoms with van der Waals surface area (Å²) in [5.74, 6) is -3.57. The molecule has 1 fully saturated rings. The summed E-state index contributed by atoms with van der Waals surface area (Å²) < 4.78 is 80.5. The van der Waals surface area contributed by atoms with Gasteiger partial charge in [0.25, 0.3) is 11.5 Å². The first-order valence-corrected chi connectivity index (χ1v) is 10.7. The van der Waals surface area contributed by atoms with Crippen molar-refractivity contribution >= 4 is 5.97 Å². The average molecular weight is 503 g/mol. The smallest absolute Gasteiger partial charge is 0.421 e. The number of benzene rings is 1. The molecule has 1 atom stereocenters. The predicted molar refractivity (Wildman–Crippen MR) is 115 cm³/mol. The number of ether oxygens (including phenoxy) is 2. The molecule has 1 aliphatic rings. The molecule has 7 nitrogen and oxygen atoms in total. The molecule has 1 aromatic carbocycles. The SMILES string of the molecule is COc1ccc(Cn2nc([C@H]3CC(F)(F)CN3CC(=O)OC(C)(C)C)cc(C(F)(F)F)c2=O)cc1. The van der Waals surface area contributed by atoms with E-state index in [1.165, 1.54) is 7.11 Å². The molecule has 3 rings (SSSR count). The van der Waals surface area contributed by atoms with Crippen molar-refractivity contribution in [1.82, 2.24) is 14.7 Å². The first-order chi connectivity index (χ1) is 16.1. The van der Waals surface area contributed by atoms with Crippen LogP contribution in [0.3, 0.4) is 0 Å². The molecule has 1 saturated heterocycles. The van der Waals surface area contributed by atoms with Crippen LogP contribution in [0.5, 0.6) is 5.75 Å². The maximum Gasteiger partial charge on any atom is 0.421 e. The second-order valence-corrected chi connectivity index (χ2v) is 9.36. The van der Waals surface area contributed by atoms with Gasteiger partial charge in [-0.15, -0.1) is 0 Å². The van der Waals surface area contributed by atoms with Crippen molar-refractivity contribution < 1.29 is 36.2 Å². The highest BCUT2D eigenvalue weighted by atomic mass is 19.4. The van der Waals surface area contributed by atoms with Gasteiger partial charge in [0.1, 0.15) is 16.9 Å². The molecule has 0 saturated carbocycles. The molecule has 0 radical (unpaired) electrons. The first-order valence-electron chi connectivity index (χ1n) is 10.7. The van der Waals surface area contributed by atoms with Gasteiger partial charge < -0.3 is 9.47 Å². The molecule has 12 heteroatoms. The van der Waals surface area contributed by atoms with Gasteiger partial charge in [0, 0.05) is 6.42 Å². The van der Waals surface area contributed by atoms with Crippen LogP contribution < -0.4 is 10.3 Å². The third-order valence-electron chi connectivity index (χ3n) is 5.25. The fourth-order valence-corrected chi connectivity index (χ4v) is 3.82. The van der Waals surface area contributed by atoms with Crippen molar-refractivity contribution in [3.05, 3.63) is 57.5 Å². The summed E-state index contributed by atoms with van der Waals surface area (Å²) >= 11 is 0. The highest BCUT2D eigenvalue weighted by Crippen LogP contribution is 2.41. The number of carbonyl (C=O) groups is 1. The zero-order chi connectivity index (χ0) is 26.2. The maximum atomic E-state index is 14.3. The van der Waals surface area contributed by atoms with E-state index in [0.29, 0.717) is 22.1 Å². The Morgan fingerprint density at radius 3 is 2.34 bits per heavy atom. The largest absolute Gasteiger partial charge is 0.497 e. The molecule has 0 amide bonds. The van der Waals surface area contributed by atoms with Crippen LogP contribution in [-0.4, -0.2) is 52.4 Å². The first kappa shape index (κ1) is 26.6. The Bertz CT molecular complexity index is 1120. The number of rotatable bonds is 6. The number of aromatic nitrogens is 2. The van der Waals surface area contributed by atoms with Gasteiger partial charge in [-0.2, -0.15) is 18.3 Å². The summed E-state index contributed by atoms with van der Waals surface area (Å²) in [4.78, 5) is 25.9. The van der Waals surface area contributed by atoms with E-state index in [-0.39, 0.29) is 12.2 Å². The van der Waals surface area contributed by atoms with Crippen LogP contribution in [0, 0.1) is 0 Å². The van der Waals surface area contributed by atoms with Crippen molar-refractivity contribution in [3.63, 3.8) is 0 Å². The lowest BCUT2D eigenvalue weighted by Gasteiger charge is -2.26. The van der Waals surface area contributed by atoms with Gasteiger partial charge in [-0.1, -0.05) is 12.1 Å². The molecule has 0 spiro atoms. The van der Waals surface area contributed by atoms with E-state index in [9.17, 15) is 31.5 Å². The average Bonchev–Trinajstić information content (AvgIpc) is 3.01. The predicted octanol–water partition coefficient (Wildman–Crippen LogP) is 4.04. The summed E-state index contributed by atoms with van der Waals surface area (Å²) in [6.07, 6.45) is -5.89. The number of esters is 1. The van der Waals surface area contributed by atoms with Gasteiger partial charge in [-0.25, -0.2) is 13.5 Å². The minimum Gasteiger partial charge on any atom is -0.497 e. The number of hydrogen-bond acceptors (Lipinski definition) is 6. The lowest BCUT2D eigenvalue weighted by Crippen LogP contribution is -2.37. The van der Waals surface area contributed by atoms with E-state index in [1.54, 1.807) is 45.0 Å². The highest BCUT2D eigenvalue weighted by Gasteiger charge is 2.48. The summed E-state index contributed by atoms with van der Waals surface area (Å²) in [7, 11) is 1.44. The number of hydrogen-bond donors (Lipinski definition) is 0. The van der Waals surface area contributed by atoms with Crippen LogP contribution in [-0.2, 0) is 22.3 Å². The number of nitrogens with zero attached hydrogens (tertiary/aromatic N) is 3. The molecule has 0 bridgehead atoms. The third kappa shape index (κ3) is 6.77. The molecule has 35 heavy (non-hydrogen) atoms. The summed E-state index contributed by atoms with van der Waals surface area (Å²) in [5, 5.41) is 4.01. The van der Waals surface area contributed by atoms with E-state index in [2.05, 4.69) is 5.10 Å². The van der Waals surface area contributed by atoms with Crippen molar-refractivity contribution in [3.8, 4) is 5.75 Å². The van der Waals surface area contributed by atoms with E-state index < -0.39 is 60.3 Å². The van der Waals surface area contributed by atoms with Gasteiger partial charge in [0.2, 0.25) is 0 Å². The fourth-order valence-electron chi connectivity index (χ4n) is 3.82. The quantitative estimate of drug-likeness (QED) is 0.438. The van der Waals surface area contributed by atoms with Crippen LogP contribution >= 0.6 is 0 Å². The highest BCUT2D eigenvalue weighted by molar-refractivity contribution is 5.72. The van der Waals surface area contributed by atoms with Gasteiger partial charge in [-0.05, 0) is 44.5 Å². The molecule has 2 heterocycles. The minimum atomic E-state index is -5.03. The normalized spacial score (nSPS) is 18.5.